The predicted molar refractivity (Wildman–Crippen MR) is 81.6 cm³/mol. The second kappa shape index (κ2) is 8.80. The Labute approximate surface area is 123 Å². The van der Waals surface area contributed by atoms with Crippen LogP contribution in [-0.2, 0) is 4.79 Å². The highest BCUT2D eigenvalue weighted by molar-refractivity contribution is 5.85. The Hall–Kier alpha value is -0.280. The molecule has 0 radical (unpaired) electrons. The van der Waals surface area contributed by atoms with Gasteiger partial charge in [-0.15, -0.1) is 12.4 Å². The zero-order valence-electron chi connectivity index (χ0n) is 12.1. The Bertz CT molecular complexity index is 259. The van der Waals surface area contributed by atoms with Crippen molar-refractivity contribution in [2.45, 2.75) is 64.3 Å². The summed E-state index contributed by atoms with van der Waals surface area (Å²) in [6, 6.07) is 0.455. The van der Waals surface area contributed by atoms with Gasteiger partial charge in [0.05, 0.1) is 5.92 Å². The monoisotopic (exact) mass is 288 g/mol. The van der Waals surface area contributed by atoms with Crippen LogP contribution in [0.15, 0.2) is 0 Å². The van der Waals surface area contributed by atoms with Crippen LogP contribution in [-0.4, -0.2) is 25.0 Å². The molecule has 0 bridgehead atoms. The summed E-state index contributed by atoms with van der Waals surface area (Å²) in [4.78, 5) is 12.0. The van der Waals surface area contributed by atoms with Crippen LogP contribution < -0.4 is 10.6 Å². The molecule has 1 amide bonds. The van der Waals surface area contributed by atoms with Gasteiger partial charge in [-0.3, -0.25) is 4.79 Å². The molecule has 2 N–H and O–H groups in total. The van der Waals surface area contributed by atoms with Gasteiger partial charge in [0.1, 0.15) is 0 Å². The molecule has 1 atom stereocenters. The number of hydrogen-bond acceptors (Lipinski definition) is 2. The highest BCUT2D eigenvalue weighted by Crippen LogP contribution is 2.28. The largest absolute Gasteiger partial charge is 0.353 e. The Morgan fingerprint density at radius 1 is 1.21 bits per heavy atom. The molecular formula is C15H29ClN2O. The van der Waals surface area contributed by atoms with Gasteiger partial charge in [-0.05, 0) is 44.6 Å². The first kappa shape index (κ1) is 16.8. The smallest absolute Gasteiger partial charge is 0.224 e. The van der Waals surface area contributed by atoms with Gasteiger partial charge in [0.25, 0.3) is 0 Å². The van der Waals surface area contributed by atoms with Crippen molar-refractivity contribution in [1.82, 2.24) is 10.6 Å². The fourth-order valence-corrected chi connectivity index (χ4v) is 3.29. The van der Waals surface area contributed by atoms with E-state index in [2.05, 4.69) is 17.6 Å². The Balaban J connectivity index is 0.00000180. The average Bonchev–Trinajstić information content (AvgIpc) is 2.92. The molecule has 0 aromatic carbocycles. The number of rotatable bonds is 5. The molecule has 2 fully saturated rings. The topological polar surface area (TPSA) is 41.1 Å². The van der Waals surface area contributed by atoms with Gasteiger partial charge in [0, 0.05) is 12.6 Å². The number of carbonyl (C=O) groups is 1. The fraction of sp³-hybridized carbons (Fsp3) is 0.933. The number of amides is 1. The van der Waals surface area contributed by atoms with E-state index < -0.39 is 0 Å². The molecule has 1 heterocycles. The van der Waals surface area contributed by atoms with Gasteiger partial charge < -0.3 is 10.6 Å². The molecule has 2 aliphatic rings. The third-order valence-electron chi connectivity index (χ3n) is 4.59. The molecule has 1 aliphatic heterocycles. The fourth-order valence-electron chi connectivity index (χ4n) is 3.29. The lowest BCUT2D eigenvalue weighted by molar-refractivity contribution is -0.125. The number of unbranched alkanes of at least 4 members (excludes halogenated alkanes) is 1. The standard InChI is InChI=1S/C15H28N2O.ClH/c1-2-3-4-12-5-7-14(8-6-12)17-15(18)13-9-10-16-11-13;/h12-14,16H,2-11H2,1H3,(H,17,18);1H. The van der Waals surface area contributed by atoms with Crippen molar-refractivity contribution in [2.24, 2.45) is 11.8 Å². The number of nitrogens with one attached hydrogen (secondary N) is 2. The molecule has 1 saturated heterocycles. The molecule has 1 unspecified atom stereocenters. The molecule has 3 nitrogen and oxygen atoms in total. The summed E-state index contributed by atoms with van der Waals surface area (Å²) in [5.74, 6) is 1.44. The summed E-state index contributed by atoms with van der Waals surface area (Å²) in [6.07, 6.45) is 10.1. The summed E-state index contributed by atoms with van der Waals surface area (Å²) in [7, 11) is 0. The van der Waals surface area contributed by atoms with Crippen LogP contribution in [0.5, 0.6) is 0 Å². The van der Waals surface area contributed by atoms with E-state index in [0.717, 1.165) is 25.4 Å². The van der Waals surface area contributed by atoms with Crippen molar-refractivity contribution in [1.29, 1.82) is 0 Å². The van der Waals surface area contributed by atoms with E-state index in [1.54, 1.807) is 0 Å². The third-order valence-corrected chi connectivity index (χ3v) is 4.59. The first-order chi connectivity index (χ1) is 8.79. The van der Waals surface area contributed by atoms with Crippen LogP contribution >= 0.6 is 12.4 Å². The van der Waals surface area contributed by atoms with Crippen LogP contribution in [0, 0.1) is 11.8 Å². The van der Waals surface area contributed by atoms with E-state index in [-0.39, 0.29) is 24.2 Å². The second-order valence-electron chi connectivity index (χ2n) is 6.06. The Morgan fingerprint density at radius 2 is 1.95 bits per heavy atom. The van der Waals surface area contributed by atoms with Gasteiger partial charge in [-0.1, -0.05) is 26.2 Å². The van der Waals surface area contributed by atoms with E-state index in [1.807, 2.05) is 0 Å². The highest BCUT2D eigenvalue weighted by atomic mass is 35.5. The molecule has 112 valence electrons. The van der Waals surface area contributed by atoms with Crippen LogP contribution in [0.25, 0.3) is 0 Å². The lowest BCUT2D eigenvalue weighted by Gasteiger charge is -2.29. The summed E-state index contributed by atoms with van der Waals surface area (Å²) < 4.78 is 0. The number of halogens is 1. The molecule has 19 heavy (non-hydrogen) atoms. The van der Waals surface area contributed by atoms with E-state index >= 15 is 0 Å². The molecule has 1 saturated carbocycles. The molecule has 0 aromatic heterocycles. The maximum Gasteiger partial charge on any atom is 0.224 e. The van der Waals surface area contributed by atoms with Gasteiger partial charge in [0.15, 0.2) is 0 Å². The lowest BCUT2D eigenvalue weighted by atomic mass is 9.83. The molecular weight excluding hydrogens is 260 g/mol. The minimum Gasteiger partial charge on any atom is -0.353 e. The van der Waals surface area contributed by atoms with E-state index in [4.69, 9.17) is 0 Å². The quantitative estimate of drug-likeness (QED) is 0.817. The molecule has 1 aliphatic carbocycles. The molecule has 0 aromatic rings. The maximum absolute atomic E-state index is 12.0. The van der Waals surface area contributed by atoms with E-state index in [9.17, 15) is 4.79 Å². The van der Waals surface area contributed by atoms with Crippen LogP contribution in [0.1, 0.15) is 58.3 Å². The lowest BCUT2D eigenvalue weighted by Crippen LogP contribution is -2.41. The normalized spacial score (nSPS) is 30.7. The first-order valence-electron chi connectivity index (χ1n) is 7.80. The zero-order valence-corrected chi connectivity index (χ0v) is 12.9. The van der Waals surface area contributed by atoms with Crippen molar-refractivity contribution in [3.05, 3.63) is 0 Å². The van der Waals surface area contributed by atoms with Crippen molar-refractivity contribution in [3.63, 3.8) is 0 Å². The van der Waals surface area contributed by atoms with Crippen LogP contribution in [0.2, 0.25) is 0 Å². The Morgan fingerprint density at radius 3 is 2.53 bits per heavy atom. The van der Waals surface area contributed by atoms with Crippen molar-refractivity contribution in [2.75, 3.05) is 13.1 Å². The zero-order chi connectivity index (χ0) is 12.8. The number of carbonyl (C=O) groups excluding carboxylic acids is 1. The highest BCUT2D eigenvalue weighted by Gasteiger charge is 2.26. The van der Waals surface area contributed by atoms with Gasteiger partial charge >= 0.3 is 0 Å². The minimum atomic E-state index is 0. The van der Waals surface area contributed by atoms with Gasteiger partial charge in [0.2, 0.25) is 5.91 Å². The maximum atomic E-state index is 12.0. The third kappa shape index (κ3) is 5.31. The van der Waals surface area contributed by atoms with Gasteiger partial charge in [-0.25, -0.2) is 0 Å². The average molecular weight is 289 g/mol. The van der Waals surface area contributed by atoms with Gasteiger partial charge in [-0.2, -0.15) is 0 Å². The van der Waals surface area contributed by atoms with E-state index in [0.29, 0.717) is 6.04 Å². The summed E-state index contributed by atoms with van der Waals surface area (Å²) in [5, 5.41) is 6.52. The van der Waals surface area contributed by atoms with Crippen molar-refractivity contribution < 1.29 is 4.79 Å². The van der Waals surface area contributed by atoms with Crippen LogP contribution in [0.4, 0.5) is 0 Å². The molecule has 4 heteroatoms. The van der Waals surface area contributed by atoms with Crippen molar-refractivity contribution >= 4 is 18.3 Å². The SMILES string of the molecule is CCCCC1CCC(NC(=O)C2CCNC2)CC1.Cl. The van der Waals surface area contributed by atoms with E-state index in [1.165, 1.54) is 44.9 Å². The molecule has 0 spiro atoms. The minimum absolute atomic E-state index is 0. The molecule has 2 rings (SSSR count). The van der Waals surface area contributed by atoms with Crippen molar-refractivity contribution in [3.8, 4) is 0 Å². The second-order valence-corrected chi connectivity index (χ2v) is 6.06. The Kier molecular flexibility index (Phi) is 7.77. The summed E-state index contributed by atoms with van der Waals surface area (Å²) in [6.45, 7) is 4.14. The summed E-state index contributed by atoms with van der Waals surface area (Å²) in [5.41, 5.74) is 0. The first-order valence-corrected chi connectivity index (χ1v) is 7.80. The van der Waals surface area contributed by atoms with Crippen LogP contribution in [0.3, 0.4) is 0 Å². The number of hydrogen-bond donors (Lipinski definition) is 2. The summed E-state index contributed by atoms with van der Waals surface area (Å²) >= 11 is 0. The predicted octanol–water partition coefficient (Wildman–Crippen LogP) is 2.88.